The number of ether oxygens (including phenoxy) is 1. The number of benzene rings is 2. The van der Waals surface area contributed by atoms with Crippen molar-refractivity contribution in [1.82, 2.24) is 19.7 Å². The normalized spacial score (nSPS) is 15.9. The van der Waals surface area contributed by atoms with Crippen molar-refractivity contribution in [1.29, 1.82) is 0 Å². The maximum Gasteiger partial charge on any atom is 0.233 e. The number of nitrogens with zero attached hydrogens (tertiary/aromatic N) is 4. The molecule has 2 heterocycles. The Morgan fingerprint density at radius 2 is 1.88 bits per heavy atom. The van der Waals surface area contributed by atoms with E-state index in [2.05, 4.69) is 33.0 Å². The van der Waals surface area contributed by atoms with Crippen LogP contribution in [0.4, 0.5) is 0 Å². The summed E-state index contributed by atoms with van der Waals surface area (Å²) in [5.41, 5.74) is 2.55. The first-order valence-corrected chi connectivity index (χ1v) is 12.5. The highest BCUT2D eigenvalue weighted by atomic mass is 35.5. The Hall–Kier alpha value is -2.77. The molecule has 0 radical (unpaired) electrons. The van der Waals surface area contributed by atoms with Gasteiger partial charge in [-0.3, -0.25) is 9.36 Å². The van der Waals surface area contributed by atoms with E-state index in [1.54, 1.807) is 6.07 Å². The standard InChI is InChI=1S/C25H25ClN4O2S/c26-21-8-4-5-9-22(21)32-16-23-27-28-25(30(23)20-10-11-20)33-17-24(31)29-14-12-19(13-15-29)18-6-2-1-3-7-18/h1-9,12,20H,10-11,13-17H2. The Kier molecular flexibility index (Phi) is 6.69. The van der Waals surface area contributed by atoms with E-state index in [4.69, 9.17) is 16.3 Å². The first-order chi connectivity index (χ1) is 16.2. The van der Waals surface area contributed by atoms with Gasteiger partial charge >= 0.3 is 0 Å². The van der Waals surface area contributed by atoms with E-state index in [-0.39, 0.29) is 5.91 Å². The number of halogens is 1. The van der Waals surface area contributed by atoms with E-state index in [9.17, 15) is 4.79 Å². The fourth-order valence-electron chi connectivity index (χ4n) is 3.94. The first-order valence-electron chi connectivity index (χ1n) is 11.1. The molecule has 1 fully saturated rings. The van der Waals surface area contributed by atoms with Gasteiger partial charge in [0.25, 0.3) is 0 Å². The topological polar surface area (TPSA) is 60.2 Å². The summed E-state index contributed by atoms with van der Waals surface area (Å²) in [4.78, 5) is 14.8. The zero-order valence-corrected chi connectivity index (χ0v) is 19.8. The SMILES string of the molecule is O=C(CSc1nnc(COc2ccccc2Cl)n1C1CC1)N1CC=C(c2ccccc2)CC1. The Morgan fingerprint density at radius 1 is 1.09 bits per heavy atom. The number of carbonyl (C=O) groups is 1. The fourth-order valence-corrected chi connectivity index (χ4v) is 5.05. The molecule has 0 atom stereocenters. The Labute approximate surface area is 202 Å². The van der Waals surface area contributed by atoms with E-state index in [0.717, 1.165) is 36.8 Å². The van der Waals surface area contributed by atoms with Crippen LogP contribution in [-0.4, -0.2) is 44.4 Å². The highest BCUT2D eigenvalue weighted by Gasteiger charge is 2.30. The maximum absolute atomic E-state index is 12.8. The van der Waals surface area contributed by atoms with Gasteiger partial charge in [-0.1, -0.05) is 71.9 Å². The van der Waals surface area contributed by atoms with Gasteiger partial charge in [-0.05, 0) is 42.5 Å². The monoisotopic (exact) mass is 480 g/mol. The van der Waals surface area contributed by atoms with E-state index >= 15 is 0 Å². The van der Waals surface area contributed by atoms with Gasteiger partial charge in [-0.15, -0.1) is 10.2 Å². The summed E-state index contributed by atoms with van der Waals surface area (Å²) >= 11 is 7.65. The van der Waals surface area contributed by atoms with Gasteiger partial charge in [0.05, 0.1) is 10.8 Å². The highest BCUT2D eigenvalue weighted by molar-refractivity contribution is 7.99. The van der Waals surface area contributed by atoms with Gasteiger partial charge < -0.3 is 9.64 Å². The average molecular weight is 481 g/mol. The molecule has 1 aliphatic heterocycles. The number of hydrogen-bond donors (Lipinski definition) is 0. The third-order valence-corrected chi connectivity index (χ3v) is 7.11. The molecule has 1 aromatic heterocycles. The van der Waals surface area contributed by atoms with Crippen LogP contribution in [0.1, 0.15) is 36.7 Å². The van der Waals surface area contributed by atoms with E-state index in [1.165, 1.54) is 22.9 Å². The predicted molar refractivity (Wildman–Crippen MR) is 130 cm³/mol. The van der Waals surface area contributed by atoms with Crippen molar-refractivity contribution in [2.45, 2.75) is 37.1 Å². The zero-order chi connectivity index (χ0) is 22.6. The van der Waals surface area contributed by atoms with Crippen molar-refractivity contribution in [3.05, 3.63) is 77.1 Å². The summed E-state index contributed by atoms with van der Waals surface area (Å²) in [6.45, 7) is 1.68. The second kappa shape index (κ2) is 10.0. The number of rotatable bonds is 8. The fraction of sp³-hybridized carbons (Fsp3) is 0.320. The smallest absolute Gasteiger partial charge is 0.233 e. The molecule has 0 bridgehead atoms. The Bertz CT molecular complexity index is 1160. The Morgan fingerprint density at radius 3 is 2.61 bits per heavy atom. The van der Waals surface area contributed by atoms with Gasteiger partial charge in [0.1, 0.15) is 12.4 Å². The zero-order valence-electron chi connectivity index (χ0n) is 18.2. The summed E-state index contributed by atoms with van der Waals surface area (Å²) in [5.74, 6) is 1.87. The van der Waals surface area contributed by atoms with Crippen molar-refractivity contribution in [3.63, 3.8) is 0 Å². The van der Waals surface area contributed by atoms with E-state index < -0.39 is 0 Å². The molecule has 0 N–H and O–H groups in total. The number of amides is 1. The largest absolute Gasteiger partial charge is 0.484 e. The summed E-state index contributed by atoms with van der Waals surface area (Å²) < 4.78 is 8.00. The molecular weight excluding hydrogens is 456 g/mol. The minimum absolute atomic E-state index is 0.127. The van der Waals surface area contributed by atoms with E-state index in [1.807, 2.05) is 41.3 Å². The van der Waals surface area contributed by atoms with E-state index in [0.29, 0.717) is 35.7 Å². The number of aromatic nitrogens is 3. The van der Waals surface area contributed by atoms with Crippen LogP contribution in [0.25, 0.3) is 5.57 Å². The van der Waals surface area contributed by atoms with Crippen LogP contribution in [0.2, 0.25) is 5.02 Å². The van der Waals surface area contributed by atoms with Crippen molar-refractivity contribution in [2.75, 3.05) is 18.8 Å². The molecule has 1 aliphatic carbocycles. The van der Waals surface area contributed by atoms with Gasteiger partial charge in [0.15, 0.2) is 11.0 Å². The molecule has 1 amide bonds. The van der Waals surface area contributed by atoms with Crippen LogP contribution in [0.5, 0.6) is 5.75 Å². The second-order valence-electron chi connectivity index (χ2n) is 8.19. The van der Waals surface area contributed by atoms with Gasteiger partial charge in [-0.25, -0.2) is 0 Å². The number of para-hydroxylation sites is 1. The van der Waals surface area contributed by atoms with Crippen molar-refractivity contribution < 1.29 is 9.53 Å². The minimum atomic E-state index is 0.127. The molecule has 170 valence electrons. The van der Waals surface area contributed by atoms with Gasteiger partial charge in [-0.2, -0.15) is 0 Å². The average Bonchev–Trinajstić information content (AvgIpc) is 3.62. The van der Waals surface area contributed by atoms with Crippen LogP contribution in [-0.2, 0) is 11.4 Å². The summed E-state index contributed by atoms with van der Waals surface area (Å²) in [6.07, 6.45) is 5.23. The number of carbonyl (C=O) groups excluding carboxylic acids is 1. The molecule has 1 saturated carbocycles. The second-order valence-corrected chi connectivity index (χ2v) is 9.54. The molecule has 5 rings (SSSR count). The molecule has 0 unspecified atom stereocenters. The molecule has 2 aromatic carbocycles. The van der Waals surface area contributed by atoms with Crippen LogP contribution >= 0.6 is 23.4 Å². The van der Waals surface area contributed by atoms with Crippen molar-refractivity contribution in [3.8, 4) is 5.75 Å². The highest BCUT2D eigenvalue weighted by Crippen LogP contribution is 2.39. The lowest BCUT2D eigenvalue weighted by Gasteiger charge is -2.26. The molecule has 2 aliphatic rings. The summed E-state index contributed by atoms with van der Waals surface area (Å²) in [5, 5.41) is 10.1. The lowest BCUT2D eigenvalue weighted by molar-refractivity contribution is -0.127. The van der Waals surface area contributed by atoms with Crippen molar-refractivity contribution in [2.24, 2.45) is 0 Å². The van der Waals surface area contributed by atoms with Gasteiger partial charge in [0.2, 0.25) is 5.91 Å². The lowest BCUT2D eigenvalue weighted by Crippen LogP contribution is -2.35. The molecule has 8 heteroatoms. The van der Waals surface area contributed by atoms with Crippen LogP contribution in [0.3, 0.4) is 0 Å². The summed E-state index contributed by atoms with van der Waals surface area (Å²) in [7, 11) is 0. The van der Waals surface area contributed by atoms with Crippen LogP contribution in [0, 0.1) is 0 Å². The predicted octanol–water partition coefficient (Wildman–Crippen LogP) is 5.25. The molecule has 0 spiro atoms. The quantitative estimate of drug-likeness (QED) is 0.412. The third-order valence-electron chi connectivity index (χ3n) is 5.87. The maximum atomic E-state index is 12.8. The molecular formula is C25H25ClN4O2S. The third kappa shape index (κ3) is 5.25. The van der Waals surface area contributed by atoms with Crippen LogP contribution < -0.4 is 4.74 Å². The first kappa shape index (κ1) is 22.0. The Balaban J connectivity index is 1.19. The van der Waals surface area contributed by atoms with Crippen molar-refractivity contribution >= 4 is 34.8 Å². The number of hydrogen-bond acceptors (Lipinski definition) is 5. The number of thioether (sulfide) groups is 1. The minimum Gasteiger partial charge on any atom is -0.484 e. The molecule has 6 nitrogen and oxygen atoms in total. The molecule has 0 saturated heterocycles. The molecule has 33 heavy (non-hydrogen) atoms. The summed E-state index contributed by atoms with van der Waals surface area (Å²) in [6, 6.07) is 18.1. The lowest BCUT2D eigenvalue weighted by atomic mass is 10.00. The van der Waals surface area contributed by atoms with Crippen LogP contribution in [0.15, 0.2) is 65.8 Å². The van der Waals surface area contributed by atoms with Gasteiger partial charge in [0, 0.05) is 19.1 Å². The molecule has 3 aromatic rings.